The van der Waals surface area contributed by atoms with Gasteiger partial charge in [0.05, 0.1) is 11.6 Å². The quantitative estimate of drug-likeness (QED) is 0.549. The van der Waals surface area contributed by atoms with Crippen LogP contribution in [0.1, 0.15) is 47.7 Å². The molecule has 1 aromatic carbocycles. The van der Waals surface area contributed by atoms with Crippen LogP contribution in [0, 0.1) is 30.6 Å². The summed E-state index contributed by atoms with van der Waals surface area (Å²) in [5, 5.41) is 8.98. The van der Waals surface area contributed by atoms with Crippen LogP contribution in [0.2, 0.25) is 0 Å². The number of likely N-dealkylation sites (tertiary alicyclic amines) is 1. The molecule has 0 radical (unpaired) electrons. The molecule has 32 heavy (non-hydrogen) atoms. The number of aromatic nitrogens is 1. The van der Waals surface area contributed by atoms with Crippen LogP contribution in [0.3, 0.4) is 0 Å². The van der Waals surface area contributed by atoms with Crippen LogP contribution in [-0.2, 0) is 17.7 Å². The van der Waals surface area contributed by atoms with Gasteiger partial charge in [-0.15, -0.1) is 0 Å². The molecule has 2 atom stereocenters. The van der Waals surface area contributed by atoms with E-state index < -0.39 is 17.7 Å². The largest absolute Gasteiger partial charge is 0.415 e. The average molecular weight is 446 g/mol. The summed E-state index contributed by atoms with van der Waals surface area (Å²) in [7, 11) is 0. The summed E-state index contributed by atoms with van der Waals surface area (Å²) in [5.74, 6) is 0. The van der Waals surface area contributed by atoms with E-state index in [2.05, 4.69) is 16.0 Å². The van der Waals surface area contributed by atoms with Gasteiger partial charge in [-0.05, 0) is 81.5 Å². The molecule has 2 heterocycles. The number of halogens is 3. The molecule has 4 nitrogen and oxygen atoms in total. The standard InChI is InChI=1S/C25H30F3N3O/c1-4-32-23(25(26,27)28)24(11-9-20-5-7-21(15-29)8-6-20)12-14-31(17-24)16-22-18(2)10-13-30-19(22)3/h5-8,10,13,23H,4,9,11-12,14,16-17H2,1-3H3/t23-,24-/m1/s1. The normalized spacial score (nSPS) is 20.3. The lowest BCUT2D eigenvalue weighted by atomic mass is 9.75. The highest BCUT2D eigenvalue weighted by molar-refractivity contribution is 5.32. The van der Waals surface area contributed by atoms with Crippen LogP contribution < -0.4 is 0 Å². The number of hydrogen-bond donors (Lipinski definition) is 0. The Morgan fingerprint density at radius 3 is 2.53 bits per heavy atom. The molecule has 3 rings (SSSR count). The van der Waals surface area contributed by atoms with Crippen LogP contribution in [0.25, 0.3) is 0 Å². The van der Waals surface area contributed by atoms with Gasteiger partial charge >= 0.3 is 6.18 Å². The van der Waals surface area contributed by atoms with Gasteiger partial charge in [0.2, 0.25) is 0 Å². The summed E-state index contributed by atoms with van der Waals surface area (Å²) >= 11 is 0. The van der Waals surface area contributed by atoms with Gasteiger partial charge in [-0.3, -0.25) is 9.88 Å². The van der Waals surface area contributed by atoms with E-state index in [0.717, 1.165) is 22.4 Å². The van der Waals surface area contributed by atoms with E-state index in [0.29, 0.717) is 44.5 Å². The van der Waals surface area contributed by atoms with Crippen LogP contribution in [0.15, 0.2) is 36.5 Å². The van der Waals surface area contributed by atoms with E-state index in [9.17, 15) is 13.2 Å². The highest BCUT2D eigenvalue weighted by Gasteiger charge is 2.56. The second-order valence-electron chi connectivity index (χ2n) is 8.70. The third-order valence-electron chi connectivity index (χ3n) is 6.53. The lowest BCUT2D eigenvalue weighted by Gasteiger charge is -2.38. The second-order valence-corrected chi connectivity index (χ2v) is 8.70. The second kappa shape index (κ2) is 10.0. The molecule has 0 N–H and O–H groups in total. The monoisotopic (exact) mass is 445 g/mol. The summed E-state index contributed by atoms with van der Waals surface area (Å²) < 4.78 is 47.7. The third kappa shape index (κ3) is 5.48. The van der Waals surface area contributed by atoms with Gasteiger partial charge < -0.3 is 4.74 Å². The van der Waals surface area contributed by atoms with Crippen molar-refractivity contribution in [2.45, 2.75) is 58.9 Å². The first-order valence-electron chi connectivity index (χ1n) is 11.0. The van der Waals surface area contributed by atoms with Crippen molar-refractivity contribution < 1.29 is 17.9 Å². The van der Waals surface area contributed by atoms with Crippen molar-refractivity contribution in [3.05, 3.63) is 64.5 Å². The van der Waals surface area contributed by atoms with E-state index in [1.807, 2.05) is 32.0 Å². The Balaban J connectivity index is 1.84. The van der Waals surface area contributed by atoms with Gasteiger partial charge in [0, 0.05) is 37.0 Å². The zero-order valence-corrected chi connectivity index (χ0v) is 18.9. The predicted octanol–water partition coefficient (Wildman–Crippen LogP) is 5.36. The van der Waals surface area contributed by atoms with Crippen molar-refractivity contribution in [2.24, 2.45) is 5.41 Å². The van der Waals surface area contributed by atoms with Crippen molar-refractivity contribution in [1.82, 2.24) is 9.88 Å². The third-order valence-corrected chi connectivity index (χ3v) is 6.53. The fraction of sp³-hybridized carbons (Fsp3) is 0.520. The highest BCUT2D eigenvalue weighted by atomic mass is 19.4. The van der Waals surface area contributed by atoms with Gasteiger partial charge in [0.15, 0.2) is 6.10 Å². The van der Waals surface area contributed by atoms with E-state index >= 15 is 0 Å². The summed E-state index contributed by atoms with van der Waals surface area (Å²) in [6.45, 7) is 7.07. The molecule has 0 amide bonds. The van der Waals surface area contributed by atoms with Crippen LogP contribution >= 0.6 is 0 Å². The first kappa shape index (κ1) is 24.2. The number of benzene rings is 1. The molecule has 0 bridgehead atoms. The number of pyridine rings is 1. The zero-order valence-electron chi connectivity index (χ0n) is 18.9. The van der Waals surface area contributed by atoms with Crippen LogP contribution in [0.5, 0.6) is 0 Å². The lowest BCUT2D eigenvalue weighted by molar-refractivity contribution is -0.254. The molecule has 0 aliphatic carbocycles. The average Bonchev–Trinajstić information content (AvgIpc) is 3.16. The molecule has 0 saturated carbocycles. The van der Waals surface area contributed by atoms with Gasteiger partial charge in [-0.2, -0.15) is 18.4 Å². The molecular weight excluding hydrogens is 415 g/mol. The Hall–Kier alpha value is -2.43. The minimum atomic E-state index is -4.43. The molecular formula is C25H30F3N3O. The van der Waals surface area contributed by atoms with Crippen molar-refractivity contribution in [3.8, 4) is 6.07 Å². The molecule has 1 fully saturated rings. The molecule has 1 aromatic heterocycles. The van der Waals surface area contributed by atoms with Crippen LogP contribution in [0.4, 0.5) is 13.2 Å². The van der Waals surface area contributed by atoms with Gasteiger partial charge in [0.25, 0.3) is 0 Å². The zero-order chi connectivity index (χ0) is 23.4. The summed E-state index contributed by atoms with van der Waals surface area (Å²) in [4.78, 5) is 6.46. The maximum atomic E-state index is 14.1. The number of ether oxygens (including phenoxy) is 1. The number of nitrogens with zero attached hydrogens (tertiary/aromatic N) is 3. The Labute approximate surface area is 188 Å². The molecule has 7 heteroatoms. The molecule has 172 valence electrons. The van der Waals surface area contributed by atoms with Crippen molar-refractivity contribution in [3.63, 3.8) is 0 Å². The molecule has 1 saturated heterocycles. The summed E-state index contributed by atoms with van der Waals surface area (Å²) in [6.07, 6.45) is -3.19. The minimum Gasteiger partial charge on any atom is -0.368 e. The maximum absolute atomic E-state index is 14.1. The van der Waals surface area contributed by atoms with Gasteiger partial charge in [-0.25, -0.2) is 0 Å². The SMILES string of the molecule is CCO[C@@H](C(F)(F)F)[C@]1(CCc2ccc(C#N)cc2)CCN(Cc2c(C)ccnc2C)C1. The van der Waals surface area contributed by atoms with Crippen molar-refractivity contribution >= 4 is 0 Å². The van der Waals surface area contributed by atoms with Gasteiger partial charge in [-0.1, -0.05) is 12.1 Å². The Morgan fingerprint density at radius 2 is 1.94 bits per heavy atom. The van der Waals surface area contributed by atoms with E-state index in [1.165, 1.54) is 0 Å². The van der Waals surface area contributed by atoms with Gasteiger partial charge in [0.1, 0.15) is 0 Å². The molecule has 1 aliphatic heterocycles. The Kier molecular flexibility index (Phi) is 7.58. The Bertz CT molecular complexity index is 932. The minimum absolute atomic E-state index is 0.0175. The number of hydrogen-bond acceptors (Lipinski definition) is 4. The first-order chi connectivity index (χ1) is 15.2. The number of alkyl halides is 3. The maximum Gasteiger partial charge on any atom is 0.415 e. The molecule has 0 unspecified atom stereocenters. The van der Waals surface area contributed by atoms with E-state index in [1.54, 1.807) is 25.3 Å². The van der Waals surface area contributed by atoms with Crippen molar-refractivity contribution in [2.75, 3.05) is 19.7 Å². The fourth-order valence-electron chi connectivity index (χ4n) is 4.78. The van der Waals surface area contributed by atoms with Crippen molar-refractivity contribution in [1.29, 1.82) is 5.26 Å². The summed E-state index contributed by atoms with van der Waals surface area (Å²) in [5.41, 5.74) is 3.54. The summed E-state index contributed by atoms with van der Waals surface area (Å²) in [6, 6.07) is 11.1. The fourth-order valence-corrected chi connectivity index (χ4v) is 4.78. The Morgan fingerprint density at radius 1 is 1.22 bits per heavy atom. The van der Waals surface area contributed by atoms with Crippen LogP contribution in [-0.4, -0.2) is 41.9 Å². The number of aryl methyl sites for hydroxylation is 3. The van der Waals surface area contributed by atoms with E-state index in [-0.39, 0.29) is 6.61 Å². The highest BCUT2D eigenvalue weighted by Crippen LogP contribution is 2.46. The number of nitriles is 1. The molecule has 2 aromatic rings. The molecule has 1 aliphatic rings. The topological polar surface area (TPSA) is 49.1 Å². The lowest BCUT2D eigenvalue weighted by Crippen LogP contribution is -2.49. The smallest absolute Gasteiger partial charge is 0.368 e. The number of rotatable bonds is 8. The predicted molar refractivity (Wildman–Crippen MR) is 117 cm³/mol. The molecule has 0 spiro atoms. The first-order valence-corrected chi connectivity index (χ1v) is 11.0. The van der Waals surface area contributed by atoms with E-state index in [4.69, 9.17) is 10.00 Å².